The van der Waals surface area contributed by atoms with Crippen LogP contribution in [0.2, 0.25) is 0 Å². The number of alkyl halides is 2. The Morgan fingerprint density at radius 2 is 2.25 bits per heavy atom. The lowest BCUT2D eigenvalue weighted by molar-refractivity contribution is 0.151. The molecule has 16 heavy (non-hydrogen) atoms. The van der Waals surface area contributed by atoms with Gasteiger partial charge in [-0.05, 0) is 24.6 Å². The quantitative estimate of drug-likeness (QED) is 0.857. The minimum absolute atomic E-state index is 0.0200. The largest absolute Gasteiger partial charge is 0.496 e. The summed E-state index contributed by atoms with van der Waals surface area (Å²) in [6, 6.07) is 4.69. The number of methoxy groups -OCH3 is 1. The topological polar surface area (TPSA) is 21.3 Å². The summed E-state index contributed by atoms with van der Waals surface area (Å²) >= 11 is 0. The van der Waals surface area contributed by atoms with Crippen molar-refractivity contribution in [2.45, 2.75) is 18.8 Å². The second-order valence-corrected chi connectivity index (χ2v) is 3.99. The summed E-state index contributed by atoms with van der Waals surface area (Å²) in [5.41, 5.74) is 1.04. The van der Waals surface area contributed by atoms with Gasteiger partial charge in [0, 0.05) is 18.0 Å². The SMILES string of the molecule is COc1cc(C(F)F)ccc1C1CCNC1. The standard InChI is InChI=1S/C12H15F2NO/c1-16-11-6-8(12(13)14)2-3-10(11)9-4-5-15-7-9/h2-3,6,9,12,15H,4-5,7H2,1H3. The van der Waals surface area contributed by atoms with E-state index < -0.39 is 6.43 Å². The molecular formula is C12H15F2NO. The van der Waals surface area contributed by atoms with Gasteiger partial charge in [-0.1, -0.05) is 12.1 Å². The highest BCUT2D eigenvalue weighted by atomic mass is 19.3. The van der Waals surface area contributed by atoms with Crippen LogP contribution in [-0.4, -0.2) is 20.2 Å². The first-order chi connectivity index (χ1) is 7.72. The Hall–Kier alpha value is -1.16. The third-order valence-corrected chi connectivity index (χ3v) is 3.01. The van der Waals surface area contributed by atoms with Crippen molar-refractivity contribution in [2.75, 3.05) is 20.2 Å². The van der Waals surface area contributed by atoms with E-state index in [9.17, 15) is 8.78 Å². The molecular weight excluding hydrogens is 212 g/mol. The van der Waals surface area contributed by atoms with Crippen molar-refractivity contribution in [1.82, 2.24) is 5.32 Å². The average molecular weight is 227 g/mol. The van der Waals surface area contributed by atoms with Gasteiger partial charge in [-0.25, -0.2) is 8.78 Å². The Bertz CT molecular complexity index is 362. The maximum Gasteiger partial charge on any atom is 0.263 e. The van der Waals surface area contributed by atoms with Gasteiger partial charge in [0.25, 0.3) is 6.43 Å². The van der Waals surface area contributed by atoms with E-state index in [0.717, 1.165) is 25.1 Å². The molecule has 2 nitrogen and oxygen atoms in total. The number of benzene rings is 1. The van der Waals surface area contributed by atoms with E-state index in [4.69, 9.17) is 4.74 Å². The van der Waals surface area contributed by atoms with E-state index in [-0.39, 0.29) is 5.56 Å². The van der Waals surface area contributed by atoms with E-state index >= 15 is 0 Å². The van der Waals surface area contributed by atoms with Crippen molar-refractivity contribution in [3.63, 3.8) is 0 Å². The van der Waals surface area contributed by atoms with Crippen molar-refractivity contribution in [3.05, 3.63) is 29.3 Å². The summed E-state index contributed by atoms with van der Waals surface area (Å²) in [6.45, 7) is 1.87. The molecule has 1 heterocycles. The lowest BCUT2D eigenvalue weighted by Gasteiger charge is -2.15. The number of hydrogen-bond donors (Lipinski definition) is 1. The number of ether oxygens (including phenoxy) is 1. The molecule has 0 radical (unpaired) electrons. The average Bonchev–Trinajstić information content (AvgIpc) is 2.81. The molecule has 1 aliphatic rings. The zero-order valence-electron chi connectivity index (χ0n) is 9.17. The van der Waals surface area contributed by atoms with Gasteiger partial charge in [-0.3, -0.25) is 0 Å². The van der Waals surface area contributed by atoms with Crippen LogP contribution in [0, 0.1) is 0 Å². The summed E-state index contributed by atoms with van der Waals surface area (Å²) in [6.07, 6.45) is -1.41. The molecule has 4 heteroatoms. The predicted molar refractivity (Wildman–Crippen MR) is 58.2 cm³/mol. The van der Waals surface area contributed by atoms with Gasteiger partial charge in [-0.15, -0.1) is 0 Å². The minimum atomic E-state index is -2.44. The molecule has 1 saturated heterocycles. The van der Waals surface area contributed by atoms with E-state index in [1.807, 2.05) is 0 Å². The van der Waals surface area contributed by atoms with E-state index in [2.05, 4.69) is 5.32 Å². The van der Waals surface area contributed by atoms with E-state index in [1.165, 1.54) is 19.2 Å². The number of nitrogens with one attached hydrogen (secondary N) is 1. The van der Waals surface area contributed by atoms with E-state index in [1.54, 1.807) is 6.07 Å². The third-order valence-electron chi connectivity index (χ3n) is 3.01. The number of rotatable bonds is 3. The molecule has 0 aliphatic carbocycles. The smallest absolute Gasteiger partial charge is 0.263 e. The lowest BCUT2D eigenvalue weighted by Crippen LogP contribution is -2.08. The van der Waals surface area contributed by atoms with Crippen molar-refractivity contribution in [2.24, 2.45) is 0 Å². The molecule has 0 saturated carbocycles. The Kier molecular flexibility index (Phi) is 3.39. The van der Waals surface area contributed by atoms with Gasteiger partial charge in [0.2, 0.25) is 0 Å². The van der Waals surface area contributed by atoms with E-state index in [0.29, 0.717) is 11.7 Å². The predicted octanol–water partition coefficient (Wildman–Crippen LogP) is 2.71. The van der Waals surface area contributed by atoms with Gasteiger partial charge in [-0.2, -0.15) is 0 Å². The molecule has 0 amide bonds. The maximum absolute atomic E-state index is 12.5. The third kappa shape index (κ3) is 2.16. The van der Waals surface area contributed by atoms with Crippen molar-refractivity contribution in [1.29, 1.82) is 0 Å². The Morgan fingerprint density at radius 3 is 2.81 bits per heavy atom. The first-order valence-electron chi connectivity index (χ1n) is 5.39. The Labute approximate surface area is 93.6 Å². The van der Waals surface area contributed by atoms with Crippen LogP contribution in [0.25, 0.3) is 0 Å². The molecule has 0 bridgehead atoms. The van der Waals surface area contributed by atoms with Gasteiger partial charge < -0.3 is 10.1 Å². The van der Waals surface area contributed by atoms with Crippen LogP contribution in [0.5, 0.6) is 5.75 Å². The summed E-state index contributed by atoms with van der Waals surface area (Å²) in [7, 11) is 1.52. The molecule has 1 unspecified atom stereocenters. The van der Waals surface area contributed by atoms with Crippen LogP contribution < -0.4 is 10.1 Å². The second-order valence-electron chi connectivity index (χ2n) is 3.99. The van der Waals surface area contributed by atoms with Gasteiger partial charge >= 0.3 is 0 Å². The highest BCUT2D eigenvalue weighted by Crippen LogP contribution is 2.33. The highest BCUT2D eigenvalue weighted by molar-refractivity contribution is 5.41. The zero-order chi connectivity index (χ0) is 11.5. The van der Waals surface area contributed by atoms with Crippen LogP contribution >= 0.6 is 0 Å². The Balaban J connectivity index is 2.30. The summed E-state index contributed by atoms with van der Waals surface area (Å²) in [5, 5.41) is 3.26. The molecule has 0 spiro atoms. The molecule has 1 aromatic carbocycles. The van der Waals surface area contributed by atoms with Gasteiger partial charge in [0.05, 0.1) is 7.11 Å². The fraction of sp³-hybridized carbons (Fsp3) is 0.500. The number of hydrogen-bond acceptors (Lipinski definition) is 2. The Morgan fingerprint density at radius 1 is 1.44 bits per heavy atom. The molecule has 1 fully saturated rings. The van der Waals surface area contributed by atoms with Gasteiger partial charge in [0.1, 0.15) is 5.75 Å². The van der Waals surface area contributed by atoms with Crippen LogP contribution in [0.4, 0.5) is 8.78 Å². The van der Waals surface area contributed by atoms with Crippen LogP contribution in [0.3, 0.4) is 0 Å². The monoisotopic (exact) mass is 227 g/mol. The molecule has 1 atom stereocenters. The van der Waals surface area contributed by atoms with Crippen molar-refractivity contribution >= 4 is 0 Å². The first-order valence-corrected chi connectivity index (χ1v) is 5.39. The first kappa shape index (κ1) is 11.3. The fourth-order valence-corrected chi connectivity index (χ4v) is 2.12. The zero-order valence-corrected chi connectivity index (χ0v) is 9.17. The minimum Gasteiger partial charge on any atom is -0.496 e. The summed E-state index contributed by atoms with van der Waals surface area (Å²) in [4.78, 5) is 0. The molecule has 88 valence electrons. The summed E-state index contributed by atoms with van der Waals surface area (Å²) in [5.74, 6) is 0.952. The molecule has 1 aromatic rings. The molecule has 1 N–H and O–H groups in total. The summed E-state index contributed by atoms with van der Waals surface area (Å²) < 4.78 is 30.2. The highest BCUT2D eigenvalue weighted by Gasteiger charge is 2.21. The van der Waals surface area contributed by atoms with Gasteiger partial charge in [0.15, 0.2) is 0 Å². The lowest BCUT2D eigenvalue weighted by atomic mass is 9.96. The van der Waals surface area contributed by atoms with Crippen molar-refractivity contribution < 1.29 is 13.5 Å². The van der Waals surface area contributed by atoms with Crippen molar-refractivity contribution in [3.8, 4) is 5.75 Å². The normalized spacial score (nSPS) is 20.4. The maximum atomic E-state index is 12.5. The molecule has 2 rings (SSSR count). The molecule has 0 aromatic heterocycles. The second kappa shape index (κ2) is 4.78. The number of halogens is 2. The fourth-order valence-electron chi connectivity index (χ4n) is 2.12. The molecule has 1 aliphatic heterocycles. The van der Waals surface area contributed by atoms with Crippen LogP contribution in [-0.2, 0) is 0 Å². The van der Waals surface area contributed by atoms with Crippen LogP contribution in [0.15, 0.2) is 18.2 Å². The van der Waals surface area contributed by atoms with Crippen LogP contribution in [0.1, 0.15) is 29.9 Å².